The molecule has 17 heavy (non-hydrogen) atoms. The number of aromatic nitrogens is 1. The Morgan fingerprint density at radius 1 is 1.47 bits per heavy atom. The molecule has 0 bridgehead atoms. The van der Waals surface area contributed by atoms with Crippen LogP contribution in [0.1, 0.15) is 13.8 Å². The Bertz CT molecular complexity index is 493. The summed E-state index contributed by atoms with van der Waals surface area (Å²) in [7, 11) is -3.50. The number of hydrogen-bond acceptors (Lipinski definition) is 4. The SMILES string of the molecule is CC(C)C1(O)CN(S(=O)(=O)c2cccnc2)C1. The van der Waals surface area contributed by atoms with Crippen LogP contribution in [-0.2, 0) is 10.0 Å². The van der Waals surface area contributed by atoms with Gasteiger partial charge in [0.1, 0.15) is 4.90 Å². The topological polar surface area (TPSA) is 70.5 Å². The molecule has 2 rings (SSSR count). The van der Waals surface area contributed by atoms with Crippen molar-refractivity contribution in [1.82, 2.24) is 9.29 Å². The number of sulfonamides is 1. The van der Waals surface area contributed by atoms with Crippen LogP contribution < -0.4 is 0 Å². The van der Waals surface area contributed by atoms with Gasteiger partial charge in [-0.3, -0.25) is 4.98 Å². The lowest BCUT2D eigenvalue weighted by Gasteiger charge is -2.47. The molecule has 0 aromatic carbocycles. The Morgan fingerprint density at radius 2 is 2.12 bits per heavy atom. The summed E-state index contributed by atoms with van der Waals surface area (Å²) in [5.74, 6) is 0.0443. The van der Waals surface area contributed by atoms with Crippen molar-refractivity contribution in [3.63, 3.8) is 0 Å². The number of nitrogens with zero attached hydrogens (tertiary/aromatic N) is 2. The molecule has 6 heteroatoms. The Hall–Kier alpha value is -0.980. The van der Waals surface area contributed by atoms with Gasteiger partial charge in [-0.1, -0.05) is 13.8 Å². The number of β-amino-alcohol motifs (C(OH)–C–C–N with tert-alkyl or cyclic N) is 1. The molecule has 1 aromatic heterocycles. The highest BCUT2D eigenvalue weighted by molar-refractivity contribution is 7.89. The molecule has 0 saturated carbocycles. The summed E-state index contributed by atoms with van der Waals surface area (Å²) < 4.78 is 25.5. The largest absolute Gasteiger partial charge is 0.387 e. The number of aliphatic hydroxyl groups is 1. The monoisotopic (exact) mass is 256 g/mol. The lowest BCUT2D eigenvalue weighted by atomic mass is 9.85. The van der Waals surface area contributed by atoms with E-state index in [1.54, 1.807) is 6.07 Å². The number of hydrogen-bond donors (Lipinski definition) is 1. The maximum Gasteiger partial charge on any atom is 0.244 e. The third-order valence-electron chi connectivity index (χ3n) is 3.25. The van der Waals surface area contributed by atoms with Crippen molar-refractivity contribution < 1.29 is 13.5 Å². The van der Waals surface area contributed by atoms with E-state index in [2.05, 4.69) is 4.98 Å². The minimum atomic E-state index is -3.50. The Labute approximate surface area is 101 Å². The standard InChI is InChI=1S/C11H16N2O3S/c1-9(2)11(14)7-13(8-11)17(15,16)10-4-3-5-12-6-10/h3-6,9,14H,7-8H2,1-2H3. The second-order valence-electron chi connectivity index (χ2n) is 4.72. The van der Waals surface area contributed by atoms with Crippen molar-refractivity contribution in [2.45, 2.75) is 24.3 Å². The summed E-state index contributed by atoms with van der Waals surface area (Å²) in [6, 6.07) is 3.09. The van der Waals surface area contributed by atoms with Crippen molar-refractivity contribution in [2.24, 2.45) is 5.92 Å². The van der Waals surface area contributed by atoms with Crippen LogP contribution in [0, 0.1) is 5.92 Å². The zero-order valence-electron chi connectivity index (χ0n) is 9.87. The van der Waals surface area contributed by atoms with Crippen molar-refractivity contribution in [3.8, 4) is 0 Å². The van der Waals surface area contributed by atoms with Gasteiger partial charge in [0.2, 0.25) is 10.0 Å². The fourth-order valence-electron chi connectivity index (χ4n) is 1.75. The van der Waals surface area contributed by atoms with Gasteiger partial charge in [0.25, 0.3) is 0 Å². The van der Waals surface area contributed by atoms with Gasteiger partial charge >= 0.3 is 0 Å². The minimum absolute atomic E-state index is 0.0443. The van der Waals surface area contributed by atoms with Gasteiger partial charge in [-0.15, -0.1) is 0 Å². The highest BCUT2D eigenvalue weighted by Gasteiger charge is 2.49. The maximum absolute atomic E-state index is 12.1. The quantitative estimate of drug-likeness (QED) is 0.853. The van der Waals surface area contributed by atoms with E-state index in [9.17, 15) is 13.5 Å². The first-order valence-corrected chi connectivity index (χ1v) is 6.93. The molecule has 0 amide bonds. The number of rotatable bonds is 3. The highest BCUT2D eigenvalue weighted by atomic mass is 32.2. The Morgan fingerprint density at radius 3 is 2.59 bits per heavy atom. The summed E-state index contributed by atoms with van der Waals surface area (Å²) in [4.78, 5) is 3.97. The molecule has 1 aliphatic rings. The van der Waals surface area contributed by atoms with E-state index in [1.165, 1.54) is 22.8 Å². The molecule has 1 aromatic rings. The first kappa shape index (κ1) is 12.5. The van der Waals surface area contributed by atoms with Crippen LogP contribution in [0.5, 0.6) is 0 Å². The zero-order valence-corrected chi connectivity index (χ0v) is 10.7. The van der Waals surface area contributed by atoms with Gasteiger partial charge in [0.15, 0.2) is 0 Å². The van der Waals surface area contributed by atoms with Crippen LogP contribution in [0.25, 0.3) is 0 Å². The van der Waals surface area contributed by atoms with E-state index in [0.717, 1.165) is 0 Å². The fraction of sp³-hybridized carbons (Fsp3) is 0.545. The lowest BCUT2D eigenvalue weighted by molar-refractivity contribution is -0.0932. The van der Waals surface area contributed by atoms with Crippen molar-refractivity contribution in [2.75, 3.05) is 13.1 Å². The summed E-state index contributed by atoms with van der Waals surface area (Å²) in [6.45, 7) is 4.08. The third-order valence-corrected chi connectivity index (χ3v) is 5.02. The Balaban J connectivity index is 2.17. The lowest BCUT2D eigenvalue weighted by Crippen LogP contribution is -2.65. The van der Waals surface area contributed by atoms with Crippen molar-refractivity contribution in [1.29, 1.82) is 0 Å². The van der Waals surface area contributed by atoms with E-state index in [0.29, 0.717) is 0 Å². The van der Waals surface area contributed by atoms with Gasteiger partial charge in [-0.25, -0.2) is 8.42 Å². The predicted molar refractivity (Wildman–Crippen MR) is 62.8 cm³/mol. The Kier molecular flexibility index (Phi) is 2.97. The summed E-state index contributed by atoms with van der Waals surface area (Å²) in [5.41, 5.74) is -0.894. The smallest absolute Gasteiger partial charge is 0.244 e. The van der Waals surface area contributed by atoms with Gasteiger partial charge in [-0.2, -0.15) is 4.31 Å². The predicted octanol–water partition coefficient (Wildman–Crippen LogP) is 0.473. The van der Waals surface area contributed by atoms with Gasteiger partial charge in [0, 0.05) is 25.5 Å². The van der Waals surface area contributed by atoms with Crippen LogP contribution in [0.15, 0.2) is 29.4 Å². The van der Waals surface area contributed by atoms with Crippen LogP contribution in [0.4, 0.5) is 0 Å². The van der Waals surface area contributed by atoms with Gasteiger partial charge in [0.05, 0.1) is 5.60 Å². The molecular formula is C11H16N2O3S. The molecule has 0 unspecified atom stereocenters. The average molecular weight is 256 g/mol. The molecule has 5 nitrogen and oxygen atoms in total. The first-order chi connectivity index (χ1) is 7.86. The fourth-order valence-corrected chi connectivity index (χ4v) is 3.28. The summed E-state index contributed by atoms with van der Waals surface area (Å²) >= 11 is 0. The van der Waals surface area contributed by atoms with E-state index in [4.69, 9.17) is 0 Å². The second-order valence-corrected chi connectivity index (χ2v) is 6.66. The molecule has 1 aliphatic heterocycles. The molecule has 1 N–H and O–H groups in total. The molecular weight excluding hydrogens is 240 g/mol. The van der Waals surface area contributed by atoms with Gasteiger partial charge in [-0.05, 0) is 18.1 Å². The zero-order chi connectivity index (χ0) is 12.7. The molecule has 0 atom stereocenters. The molecule has 94 valence electrons. The summed E-state index contributed by atoms with van der Waals surface area (Å²) in [6.07, 6.45) is 2.85. The second kappa shape index (κ2) is 4.04. The molecule has 1 saturated heterocycles. The van der Waals surface area contributed by atoms with E-state index < -0.39 is 15.6 Å². The maximum atomic E-state index is 12.1. The molecule has 0 aliphatic carbocycles. The van der Waals surface area contributed by atoms with E-state index >= 15 is 0 Å². The van der Waals surface area contributed by atoms with Crippen LogP contribution in [0.3, 0.4) is 0 Å². The first-order valence-electron chi connectivity index (χ1n) is 5.49. The highest BCUT2D eigenvalue weighted by Crippen LogP contribution is 2.32. The summed E-state index contributed by atoms with van der Waals surface area (Å²) in [5, 5.41) is 10.0. The average Bonchev–Trinajstić information content (AvgIpc) is 2.25. The number of pyridine rings is 1. The van der Waals surface area contributed by atoms with E-state index in [-0.39, 0.29) is 23.9 Å². The van der Waals surface area contributed by atoms with Crippen molar-refractivity contribution >= 4 is 10.0 Å². The van der Waals surface area contributed by atoms with Crippen LogP contribution in [-0.4, -0.2) is 41.5 Å². The van der Waals surface area contributed by atoms with Crippen molar-refractivity contribution in [3.05, 3.63) is 24.5 Å². The van der Waals surface area contributed by atoms with Gasteiger partial charge < -0.3 is 5.11 Å². The molecule has 0 radical (unpaired) electrons. The van der Waals surface area contributed by atoms with Crippen LogP contribution >= 0.6 is 0 Å². The molecule has 2 heterocycles. The minimum Gasteiger partial charge on any atom is -0.387 e. The van der Waals surface area contributed by atoms with Crippen LogP contribution in [0.2, 0.25) is 0 Å². The molecule has 0 spiro atoms. The molecule has 1 fully saturated rings. The van der Waals surface area contributed by atoms with E-state index in [1.807, 2.05) is 13.8 Å². The normalized spacial score (nSPS) is 20.2. The third kappa shape index (κ3) is 2.08.